The third kappa shape index (κ3) is 2.14. The van der Waals surface area contributed by atoms with Gasteiger partial charge in [-0.15, -0.1) is 10.2 Å². The summed E-state index contributed by atoms with van der Waals surface area (Å²) in [7, 11) is 0. The van der Waals surface area contributed by atoms with E-state index in [2.05, 4.69) is 10.2 Å². The summed E-state index contributed by atoms with van der Waals surface area (Å²) in [4.78, 5) is 0. The Balaban J connectivity index is 2.62. The van der Waals surface area contributed by atoms with Gasteiger partial charge in [-0.05, 0) is 18.5 Å². The van der Waals surface area contributed by atoms with Gasteiger partial charge in [-0.1, -0.05) is 0 Å². The van der Waals surface area contributed by atoms with Crippen LogP contribution in [0.1, 0.15) is 12.2 Å². The van der Waals surface area contributed by atoms with Crippen molar-refractivity contribution in [3.05, 3.63) is 11.1 Å². The summed E-state index contributed by atoms with van der Waals surface area (Å²) in [5.74, 6) is 0.556. The molecule has 1 heterocycles. The summed E-state index contributed by atoms with van der Waals surface area (Å²) < 4.78 is 25.0. The summed E-state index contributed by atoms with van der Waals surface area (Å²) in [5.41, 5.74) is 0. The number of hydrogen-bond donors (Lipinski definition) is 0. The molecule has 0 atom stereocenters. The van der Waals surface area contributed by atoms with E-state index < -0.39 is 6.43 Å². The highest BCUT2D eigenvalue weighted by Crippen LogP contribution is 2.10. The van der Waals surface area contributed by atoms with Crippen LogP contribution in [0.15, 0.2) is 0 Å². The van der Waals surface area contributed by atoms with Crippen LogP contribution in [0.2, 0.25) is 5.28 Å². The standard InChI is InChI=1S/C6H8ClF2N3/c1-4-10-11-6(7)12(4)3-2-5(8)9/h5H,2-3H2,1H3. The van der Waals surface area contributed by atoms with Gasteiger partial charge in [-0.25, -0.2) is 8.78 Å². The Kier molecular flexibility index (Phi) is 2.97. The maximum absolute atomic E-state index is 11.8. The van der Waals surface area contributed by atoms with Crippen molar-refractivity contribution in [2.45, 2.75) is 26.3 Å². The van der Waals surface area contributed by atoms with E-state index in [-0.39, 0.29) is 18.2 Å². The van der Waals surface area contributed by atoms with Crippen LogP contribution in [0, 0.1) is 6.92 Å². The van der Waals surface area contributed by atoms with Crippen molar-refractivity contribution in [2.24, 2.45) is 0 Å². The smallest absolute Gasteiger partial charge is 0.240 e. The Morgan fingerprint density at radius 1 is 1.50 bits per heavy atom. The number of hydrogen-bond acceptors (Lipinski definition) is 2. The lowest BCUT2D eigenvalue weighted by Gasteiger charge is -2.03. The number of halogens is 3. The Hall–Kier alpha value is -0.710. The molecule has 0 amide bonds. The predicted octanol–water partition coefficient (Wildman–Crippen LogP) is 1.90. The minimum Gasteiger partial charge on any atom is -0.302 e. The van der Waals surface area contributed by atoms with Crippen LogP contribution in [0.3, 0.4) is 0 Å². The second-order valence-electron chi connectivity index (χ2n) is 2.35. The van der Waals surface area contributed by atoms with Crippen LogP contribution >= 0.6 is 11.6 Å². The van der Waals surface area contributed by atoms with Crippen molar-refractivity contribution >= 4 is 11.6 Å². The Morgan fingerprint density at radius 3 is 2.58 bits per heavy atom. The molecular formula is C6H8ClF2N3. The number of rotatable bonds is 3. The molecule has 1 aromatic rings. The molecule has 0 aliphatic carbocycles. The quantitative estimate of drug-likeness (QED) is 0.738. The van der Waals surface area contributed by atoms with Crippen molar-refractivity contribution in [2.75, 3.05) is 0 Å². The lowest BCUT2D eigenvalue weighted by Crippen LogP contribution is -2.04. The maximum Gasteiger partial charge on any atom is 0.240 e. The zero-order valence-corrected chi connectivity index (χ0v) is 7.22. The van der Waals surface area contributed by atoms with Crippen LogP contribution < -0.4 is 0 Å². The van der Waals surface area contributed by atoms with Crippen LogP contribution in [0.4, 0.5) is 8.78 Å². The van der Waals surface area contributed by atoms with E-state index >= 15 is 0 Å². The van der Waals surface area contributed by atoms with Gasteiger partial charge in [-0.2, -0.15) is 0 Å². The predicted molar refractivity (Wildman–Crippen MR) is 40.4 cm³/mol. The molecule has 0 bridgehead atoms. The molecular weight excluding hydrogens is 188 g/mol. The van der Waals surface area contributed by atoms with Gasteiger partial charge in [0, 0.05) is 13.0 Å². The highest BCUT2D eigenvalue weighted by molar-refractivity contribution is 6.28. The highest BCUT2D eigenvalue weighted by Gasteiger charge is 2.08. The van der Waals surface area contributed by atoms with E-state index in [1.54, 1.807) is 6.92 Å². The number of nitrogens with zero attached hydrogens (tertiary/aromatic N) is 3. The van der Waals surface area contributed by atoms with Gasteiger partial charge in [0.2, 0.25) is 11.7 Å². The van der Waals surface area contributed by atoms with Gasteiger partial charge in [0.15, 0.2) is 0 Å². The number of aryl methyl sites for hydroxylation is 1. The number of alkyl halides is 2. The van der Waals surface area contributed by atoms with Gasteiger partial charge in [0.1, 0.15) is 5.82 Å². The third-order valence-electron chi connectivity index (χ3n) is 1.46. The molecule has 68 valence electrons. The molecule has 12 heavy (non-hydrogen) atoms. The fraction of sp³-hybridized carbons (Fsp3) is 0.667. The highest BCUT2D eigenvalue weighted by atomic mass is 35.5. The van der Waals surface area contributed by atoms with Crippen LogP contribution in [0.25, 0.3) is 0 Å². The largest absolute Gasteiger partial charge is 0.302 e. The molecule has 6 heteroatoms. The molecule has 0 saturated carbocycles. The molecule has 0 spiro atoms. The normalized spacial score (nSPS) is 11.1. The summed E-state index contributed by atoms with van der Waals surface area (Å²) in [6.07, 6.45) is -2.54. The number of aromatic nitrogens is 3. The first-order valence-electron chi connectivity index (χ1n) is 3.44. The summed E-state index contributed by atoms with van der Waals surface area (Å²) in [5, 5.41) is 7.32. The molecule has 0 radical (unpaired) electrons. The third-order valence-corrected chi connectivity index (χ3v) is 1.74. The minimum absolute atomic E-state index is 0.160. The van der Waals surface area contributed by atoms with Crippen LogP contribution in [-0.4, -0.2) is 21.2 Å². The van der Waals surface area contributed by atoms with E-state index in [0.717, 1.165) is 0 Å². The van der Waals surface area contributed by atoms with Gasteiger partial charge in [0.05, 0.1) is 0 Å². The summed E-state index contributed by atoms with van der Waals surface area (Å²) >= 11 is 5.57. The first-order chi connectivity index (χ1) is 5.61. The van der Waals surface area contributed by atoms with E-state index in [4.69, 9.17) is 11.6 Å². The SMILES string of the molecule is Cc1nnc(Cl)n1CCC(F)F. The summed E-state index contributed by atoms with van der Waals surface area (Å²) in [6, 6.07) is 0. The zero-order valence-electron chi connectivity index (χ0n) is 6.47. The van der Waals surface area contributed by atoms with E-state index in [9.17, 15) is 8.78 Å². The molecule has 1 aromatic heterocycles. The average molecular weight is 196 g/mol. The van der Waals surface area contributed by atoms with Gasteiger partial charge in [0.25, 0.3) is 0 Å². The van der Waals surface area contributed by atoms with Gasteiger partial charge < -0.3 is 4.57 Å². The minimum atomic E-state index is -2.32. The molecule has 0 unspecified atom stereocenters. The van der Waals surface area contributed by atoms with Crippen LogP contribution in [0.5, 0.6) is 0 Å². The van der Waals surface area contributed by atoms with E-state index in [1.165, 1.54) is 4.57 Å². The fourth-order valence-electron chi connectivity index (χ4n) is 0.836. The Bertz CT molecular complexity index is 242. The second kappa shape index (κ2) is 3.80. The van der Waals surface area contributed by atoms with E-state index in [0.29, 0.717) is 5.82 Å². The van der Waals surface area contributed by atoms with Crippen molar-refractivity contribution in [3.8, 4) is 0 Å². The molecule has 1 rings (SSSR count). The topological polar surface area (TPSA) is 30.7 Å². The maximum atomic E-state index is 11.8. The molecule has 0 aliphatic heterocycles. The first-order valence-corrected chi connectivity index (χ1v) is 3.82. The van der Waals surface area contributed by atoms with Crippen molar-refractivity contribution in [1.82, 2.24) is 14.8 Å². The lowest BCUT2D eigenvalue weighted by atomic mass is 10.4. The van der Waals surface area contributed by atoms with Crippen molar-refractivity contribution < 1.29 is 8.78 Å². The fourth-order valence-corrected chi connectivity index (χ4v) is 1.08. The van der Waals surface area contributed by atoms with E-state index in [1.807, 2.05) is 0 Å². The Morgan fingerprint density at radius 2 is 2.17 bits per heavy atom. The monoisotopic (exact) mass is 195 g/mol. The second-order valence-corrected chi connectivity index (χ2v) is 2.69. The van der Waals surface area contributed by atoms with Gasteiger partial charge in [-0.3, -0.25) is 0 Å². The molecule has 0 saturated heterocycles. The summed E-state index contributed by atoms with van der Waals surface area (Å²) in [6.45, 7) is 1.83. The molecule has 3 nitrogen and oxygen atoms in total. The van der Waals surface area contributed by atoms with Crippen molar-refractivity contribution in [1.29, 1.82) is 0 Å². The Labute approximate surface area is 73.4 Å². The lowest BCUT2D eigenvalue weighted by molar-refractivity contribution is 0.131. The molecule has 0 fully saturated rings. The van der Waals surface area contributed by atoms with Crippen molar-refractivity contribution in [3.63, 3.8) is 0 Å². The van der Waals surface area contributed by atoms with Crippen LogP contribution in [-0.2, 0) is 6.54 Å². The molecule has 0 aliphatic rings. The average Bonchev–Trinajstić information content (AvgIpc) is 2.28. The molecule has 0 aromatic carbocycles. The zero-order chi connectivity index (χ0) is 9.14. The first kappa shape index (κ1) is 9.38. The van der Waals surface area contributed by atoms with Gasteiger partial charge >= 0.3 is 0 Å². The molecule has 0 N–H and O–H groups in total.